The summed E-state index contributed by atoms with van der Waals surface area (Å²) in [6.45, 7) is 0. The highest BCUT2D eigenvalue weighted by atomic mass is 32.2. The molecule has 100 valence electrons. The fraction of sp³-hybridized carbons (Fsp3) is 0.417. The molecule has 1 aromatic carbocycles. The van der Waals surface area contributed by atoms with Crippen molar-refractivity contribution >= 4 is 27.6 Å². The summed E-state index contributed by atoms with van der Waals surface area (Å²) in [5.74, 6) is -0.155. The molecule has 0 aliphatic heterocycles. The van der Waals surface area contributed by atoms with Crippen molar-refractivity contribution in [3.8, 4) is 0 Å². The van der Waals surface area contributed by atoms with E-state index >= 15 is 0 Å². The number of carboxylic acids is 1. The molecule has 0 saturated carbocycles. The number of carboxylic acid groups (broad SMARTS) is 1. The summed E-state index contributed by atoms with van der Waals surface area (Å²) in [4.78, 5) is 10.7. The molecule has 0 spiro atoms. The second kappa shape index (κ2) is 6.80. The molecule has 0 saturated heterocycles. The molecule has 0 aliphatic carbocycles. The number of hydrogen-bond acceptors (Lipinski definition) is 4. The van der Waals surface area contributed by atoms with Gasteiger partial charge in [0.1, 0.15) is 0 Å². The maximum Gasteiger partial charge on any atom is 0.303 e. The number of benzene rings is 1. The van der Waals surface area contributed by atoms with Gasteiger partial charge in [0, 0.05) is 12.2 Å². The van der Waals surface area contributed by atoms with Gasteiger partial charge < -0.3 is 5.11 Å². The van der Waals surface area contributed by atoms with E-state index in [0.717, 1.165) is 5.56 Å². The quantitative estimate of drug-likeness (QED) is 0.829. The highest BCUT2D eigenvalue weighted by Crippen LogP contribution is 2.14. The van der Waals surface area contributed by atoms with Gasteiger partial charge in [-0.05, 0) is 30.4 Å². The normalized spacial score (nSPS) is 11.4. The summed E-state index contributed by atoms with van der Waals surface area (Å²) in [6, 6.07) is 6.45. The number of aliphatic carboxylic acids is 1. The van der Waals surface area contributed by atoms with Gasteiger partial charge in [-0.2, -0.15) is 11.8 Å². The van der Waals surface area contributed by atoms with Gasteiger partial charge in [0.15, 0.2) is 9.84 Å². The molecule has 0 bridgehead atoms. The first-order chi connectivity index (χ1) is 8.45. The lowest BCUT2D eigenvalue weighted by Gasteiger charge is -2.04. The standard InChI is InChI=1S/C12H16O4S2/c1-17-8-9-18(15,16)11-5-2-10(3-6-11)4-7-12(13)14/h2-3,5-6H,4,7-9H2,1H3,(H,13,14). The summed E-state index contributed by atoms with van der Waals surface area (Å²) in [5, 5.41) is 8.56. The molecular weight excluding hydrogens is 272 g/mol. The van der Waals surface area contributed by atoms with E-state index in [1.807, 2.05) is 6.26 Å². The number of sulfone groups is 1. The van der Waals surface area contributed by atoms with Crippen molar-refractivity contribution in [1.82, 2.24) is 0 Å². The number of thioether (sulfide) groups is 1. The van der Waals surface area contributed by atoms with Crippen molar-refractivity contribution in [1.29, 1.82) is 0 Å². The van der Waals surface area contributed by atoms with Crippen LogP contribution in [0.25, 0.3) is 0 Å². The fourth-order valence-electron chi connectivity index (χ4n) is 1.43. The smallest absolute Gasteiger partial charge is 0.303 e. The zero-order chi connectivity index (χ0) is 13.6. The lowest BCUT2D eigenvalue weighted by atomic mass is 10.1. The van der Waals surface area contributed by atoms with Crippen LogP contribution in [0.1, 0.15) is 12.0 Å². The molecule has 1 rings (SSSR count). The Bertz CT molecular complexity index is 491. The van der Waals surface area contributed by atoms with Crippen molar-refractivity contribution in [3.05, 3.63) is 29.8 Å². The lowest BCUT2D eigenvalue weighted by molar-refractivity contribution is -0.136. The summed E-state index contributed by atoms with van der Waals surface area (Å²) in [5.41, 5.74) is 0.834. The minimum Gasteiger partial charge on any atom is -0.481 e. The van der Waals surface area contributed by atoms with Gasteiger partial charge in [0.2, 0.25) is 0 Å². The van der Waals surface area contributed by atoms with Crippen molar-refractivity contribution in [2.24, 2.45) is 0 Å². The molecule has 4 nitrogen and oxygen atoms in total. The molecule has 6 heteroatoms. The molecule has 0 radical (unpaired) electrons. The summed E-state index contributed by atoms with van der Waals surface area (Å²) in [7, 11) is -3.21. The Morgan fingerprint density at radius 3 is 2.39 bits per heavy atom. The van der Waals surface area contributed by atoms with Gasteiger partial charge in [-0.15, -0.1) is 0 Å². The topological polar surface area (TPSA) is 71.4 Å². The molecule has 1 N–H and O–H groups in total. The van der Waals surface area contributed by atoms with Gasteiger partial charge in [0.25, 0.3) is 0 Å². The second-order valence-electron chi connectivity index (χ2n) is 3.85. The van der Waals surface area contributed by atoms with E-state index in [0.29, 0.717) is 17.1 Å². The van der Waals surface area contributed by atoms with Crippen LogP contribution in [0.5, 0.6) is 0 Å². The van der Waals surface area contributed by atoms with Crippen LogP contribution in [-0.4, -0.2) is 37.3 Å². The Hall–Kier alpha value is -1.01. The molecule has 1 aromatic rings. The second-order valence-corrected chi connectivity index (χ2v) is 6.94. The van der Waals surface area contributed by atoms with Crippen LogP contribution < -0.4 is 0 Å². The first kappa shape index (κ1) is 15.0. The van der Waals surface area contributed by atoms with Gasteiger partial charge in [-0.25, -0.2) is 8.42 Å². The van der Waals surface area contributed by atoms with E-state index in [4.69, 9.17) is 5.11 Å². The van der Waals surface area contributed by atoms with Crippen LogP contribution in [0.3, 0.4) is 0 Å². The molecule has 0 fully saturated rings. The third-order valence-electron chi connectivity index (χ3n) is 2.47. The van der Waals surface area contributed by atoms with E-state index < -0.39 is 15.8 Å². The van der Waals surface area contributed by atoms with Crippen molar-refractivity contribution in [2.45, 2.75) is 17.7 Å². The third kappa shape index (κ3) is 4.70. The number of rotatable bonds is 7. The SMILES string of the molecule is CSCCS(=O)(=O)c1ccc(CCC(=O)O)cc1. The van der Waals surface area contributed by atoms with Crippen molar-refractivity contribution in [2.75, 3.05) is 17.8 Å². The molecule has 0 atom stereocenters. The lowest BCUT2D eigenvalue weighted by Crippen LogP contribution is -2.08. The van der Waals surface area contributed by atoms with Crippen LogP contribution in [0.2, 0.25) is 0 Å². The Morgan fingerprint density at radius 2 is 1.89 bits per heavy atom. The minimum absolute atomic E-state index is 0.0541. The highest BCUT2D eigenvalue weighted by molar-refractivity contribution is 8.00. The van der Waals surface area contributed by atoms with Crippen LogP contribution in [-0.2, 0) is 21.1 Å². The maximum atomic E-state index is 11.9. The largest absolute Gasteiger partial charge is 0.481 e. The van der Waals surface area contributed by atoms with Crippen LogP contribution in [0.4, 0.5) is 0 Å². The first-order valence-electron chi connectivity index (χ1n) is 5.48. The van der Waals surface area contributed by atoms with Crippen LogP contribution in [0.15, 0.2) is 29.2 Å². The summed E-state index contributed by atoms with van der Waals surface area (Å²) >= 11 is 1.49. The molecule has 0 aromatic heterocycles. The Labute approximate surface area is 111 Å². The van der Waals surface area contributed by atoms with Gasteiger partial charge >= 0.3 is 5.97 Å². The van der Waals surface area contributed by atoms with Crippen LogP contribution in [0, 0.1) is 0 Å². The molecule has 0 heterocycles. The van der Waals surface area contributed by atoms with Gasteiger partial charge in [0.05, 0.1) is 10.6 Å². The van der Waals surface area contributed by atoms with Crippen LogP contribution >= 0.6 is 11.8 Å². The highest BCUT2D eigenvalue weighted by Gasteiger charge is 2.13. The van der Waals surface area contributed by atoms with E-state index in [9.17, 15) is 13.2 Å². The molecule has 0 unspecified atom stereocenters. The molecule has 0 aliphatic rings. The molecular formula is C12H16O4S2. The van der Waals surface area contributed by atoms with Crippen molar-refractivity contribution < 1.29 is 18.3 Å². The average molecular weight is 288 g/mol. The third-order valence-corrected chi connectivity index (χ3v) is 5.07. The zero-order valence-corrected chi connectivity index (χ0v) is 11.8. The zero-order valence-electron chi connectivity index (χ0n) is 10.1. The number of carbonyl (C=O) groups is 1. The Morgan fingerprint density at radius 1 is 1.28 bits per heavy atom. The summed E-state index contributed by atoms with van der Waals surface area (Å²) < 4.78 is 23.7. The predicted octanol–water partition coefficient (Wildman–Crippen LogP) is 1.84. The van der Waals surface area contributed by atoms with E-state index in [1.165, 1.54) is 11.8 Å². The van der Waals surface area contributed by atoms with E-state index in [2.05, 4.69) is 0 Å². The minimum atomic E-state index is -3.21. The van der Waals surface area contributed by atoms with Crippen molar-refractivity contribution in [3.63, 3.8) is 0 Å². The Balaban J connectivity index is 2.73. The Kier molecular flexibility index (Phi) is 5.68. The predicted molar refractivity (Wildman–Crippen MR) is 72.8 cm³/mol. The molecule has 18 heavy (non-hydrogen) atoms. The number of aryl methyl sites for hydroxylation is 1. The van der Waals surface area contributed by atoms with E-state index in [-0.39, 0.29) is 12.2 Å². The number of hydrogen-bond donors (Lipinski definition) is 1. The first-order valence-corrected chi connectivity index (χ1v) is 8.53. The monoisotopic (exact) mass is 288 g/mol. The fourth-order valence-corrected chi connectivity index (χ4v) is 3.76. The van der Waals surface area contributed by atoms with E-state index in [1.54, 1.807) is 24.3 Å². The molecule has 0 amide bonds. The average Bonchev–Trinajstić information content (AvgIpc) is 2.34. The summed E-state index contributed by atoms with van der Waals surface area (Å²) in [6.07, 6.45) is 2.34. The van der Waals surface area contributed by atoms with Gasteiger partial charge in [-0.3, -0.25) is 4.79 Å². The maximum absolute atomic E-state index is 11.9. The van der Waals surface area contributed by atoms with Gasteiger partial charge in [-0.1, -0.05) is 12.1 Å².